The zero-order valence-corrected chi connectivity index (χ0v) is 9.75. The van der Waals surface area contributed by atoms with E-state index in [1.165, 1.54) is 13.0 Å². The van der Waals surface area contributed by atoms with Gasteiger partial charge in [0.1, 0.15) is 5.78 Å². The minimum Gasteiger partial charge on any atom is -0.306 e. The van der Waals surface area contributed by atoms with Crippen LogP contribution in [0.3, 0.4) is 0 Å². The van der Waals surface area contributed by atoms with Gasteiger partial charge in [0.15, 0.2) is 0 Å². The second kappa shape index (κ2) is 5.50. The molecule has 0 N–H and O–H groups in total. The summed E-state index contributed by atoms with van der Waals surface area (Å²) in [4.78, 5) is 13.4. The zero-order chi connectivity index (χ0) is 10.6. The van der Waals surface area contributed by atoms with Crippen LogP contribution < -0.4 is 0 Å². The van der Waals surface area contributed by atoms with E-state index in [2.05, 4.69) is 18.9 Å². The highest BCUT2D eigenvalue weighted by atomic mass is 16.1. The molecule has 1 saturated carbocycles. The lowest BCUT2D eigenvalue weighted by Crippen LogP contribution is -2.23. The normalized spacial score (nSPS) is 25.4. The fourth-order valence-corrected chi connectivity index (χ4v) is 1.87. The first-order chi connectivity index (χ1) is 6.63. The average Bonchev–Trinajstić information content (AvgIpc) is 2.81. The lowest BCUT2D eigenvalue weighted by atomic mass is 10.2. The van der Waals surface area contributed by atoms with Crippen LogP contribution in [0.25, 0.3) is 0 Å². The van der Waals surface area contributed by atoms with Crippen LogP contribution in [-0.4, -0.2) is 30.8 Å². The quantitative estimate of drug-likeness (QED) is 0.624. The maximum absolute atomic E-state index is 11.1. The minimum atomic E-state index is 0.401. The van der Waals surface area contributed by atoms with Crippen molar-refractivity contribution < 1.29 is 4.79 Å². The van der Waals surface area contributed by atoms with Gasteiger partial charge in [0, 0.05) is 19.4 Å². The van der Waals surface area contributed by atoms with Crippen LogP contribution in [0.5, 0.6) is 0 Å². The highest BCUT2D eigenvalue weighted by Crippen LogP contribution is 2.37. The van der Waals surface area contributed by atoms with Gasteiger partial charge in [-0.3, -0.25) is 4.79 Å². The fraction of sp³-hybridized carbons (Fsp3) is 0.917. The minimum absolute atomic E-state index is 0.401. The van der Waals surface area contributed by atoms with Gasteiger partial charge in [-0.05, 0) is 38.3 Å². The van der Waals surface area contributed by atoms with Gasteiger partial charge in [0.25, 0.3) is 0 Å². The third-order valence-electron chi connectivity index (χ3n) is 3.21. The first-order valence-electron chi connectivity index (χ1n) is 5.83. The second-order valence-electron chi connectivity index (χ2n) is 4.73. The van der Waals surface area contributed by atoms with Crippen molar-refractivity contribution in [3.63, 3.8) is 0 Å². The molecule has 1 fully saturated rings. The Bertz CT molecular complexity index is 191. The maximum Gasteiger partial charge on any atom is 0.132 e. The summed E-state index contributed by atoms with van der Waals surface area (Å²) >= 11 is 0. The zero-order valence-electron chi connectivity index (χ0n) is 9.75. The van der Waals surface area contributed by atoms with Crippen molar-refractivity contribution in [2.24, 2.45) is 11.8 Å². The summed E-state index contributed by atoms with van der Waals surface area (Å²) in [7, 11) is 2.17. The number of rotatable bonds is 7. The van der Waals surface area contributed by atoms with Gasteiger partial charge >= 0.3 is 0 Å². The SMILES string of the molecule is CCC(=O)CCCN(C)CC1CC1C. The summed E-state index contributed by atoms with van der Waals surface area (Å²) in [6.07, 6.45) is 3.90. The number of nitrogens with zero attached hydrogens (tertiary/aromatic N) is 1. The van der Waals surface area contributed by atoms with Crippen molar-refractivity contribution in [3.8, 4) is 0 Å². The standard InChI is InChI=1S/C12H23NO/c1-4-12(14)6-5-7-13(3)9-11-8-10(11)2/h10-11H,4-9H2,1-3H3. The molecule has 0 spiro atoms. The Morgan fingerprint density at radius 2 is 2.14 bits per heavy atom. The molecular formula is C12H23NO. The largest absolute Gasteiger partial charge is 0.306 e. The van der Waals surface area contributed by atoms with Gasteiger partial charge in [-0.15, -0.1) is 0 Å². The molecule has 0 saturated heterocycles. The monoisotopic (exact) mass is 197 g/mol. The van der Waals surface area contributed by atoms with Crippen LogP contribution in [0.15, 0.2) is 0 Å². The van der Waals surface area contributed by atoms with Crippen molar-refractivity contribution >= 4 is 5.78 Å². The molecule has 82 valence electrons. The molecule has 0 bridgehead atoms. The number of carbonyl (C=O) groups is 1. The van der Waals surface area contributed by atoms with E-state index in [-0.39, 0.29) is 0 Å². The fourth-order valence-electron chi connectivity index (χ4n) is 1.87. The molecule has 0 aromatic carbocycles. The van der Waals surface area contributed by atoms with E-state index < -0.39 is 0 Å². The van der Waals surface area contributed by atoms with Gasteiger partial charge in [0.2, 0.25) is 0 Å². The van der Waals surface area contributed by atoms with E-state index in [1.807, 2.05) is 6.92 Å². The van der Waals surface area contributed by atoms with Crippen LogP contribution in [0, 0.1) is 11.8 Å². The summed E-state index contributed by atoms with van der Waals surface area (Å²) < 4.78 is 0. The predicted molar refractivity (Wildman–Crippen MR) is 59.3 cm³/mol. The number of Topliss-reactive ketones (excluding diaryl/α,β-unsaturated/α-hetero) is 1. The van der Waals surface area contributed by atoms with E-state index in [0.29, 0.717) is 12.2 Å². The van der Waals surface area contributed by atoms with Crippen molar-refractivity contribution in [2.45, 2.75) is 39.5 Å². The molecule has 0 aromatic heterocycles. The van der Waals surface area contributed by atoms with E-state index in [9.17, 15) is 4.79 Å². The van der Waals surface area contributed by atoms with Crippen LogP contribution in [0.4, 0.5) is 0 Å². The molecule has 2 nitrogen and oxygen atoms in total. The number of ketones is 1. The molecule has 2 atom stereocenters. The summed E-state index contributed by atoms with van der Waals surface area (Å²) in [6, 6.07) is 0. The highest BCUT2D eigenvalue weighted by molar-refractivity contribution is 5.77. The molecule has 0 amide bonds. The van der Waals surface area contributed by atoms with E-state index in [0.717, 1.165) is 31.2 Å². The highest BCUT2D eigenvalue weighted by Gasteiger charge is 2.32. The Morgan fingerprint density at radius 3 is 2.64 bits per heavy atom. The molecule has 1 rings (SSSR count). The third-order valence-corrected chi connectivity index (χ3v) is 3.21. The maximum atomic E-state index is 11.1. The Hall–Kier alpha value is -0.370. The van der Waals surface area contributed by atoms with Crippen molar-refractivity contribution in [1.82, 2.24) is 4.90 Å². The van der Waals surface area contributed by atoms with Gasteiger partial charge in [-0.2, -0.15) is 0 Å². The first kappa shape index (κ1) is 11.7. The smallest absolute Gasteiger partial charge is 0.132 e. The van der Waals surface area contributed by atoms with Crippen LogP contribution in [-0.2, 0) is 4.79 Å². The number of carbonyl (C=O) groups excluding carboxylic acids is 1. The molecule has 14 heavy (non-hydrogen) atoms. The lowest BCUT2D eigenvalue weighted by Gasteiger charge is -2.15. The first-order valence-corrected chi connectivity index (χ1v) is 5.83. The van der Waals surface area contributed by atoms with Crippen molar-refractivity contribution in [2.75, 3.05) is 20.1 Å². The molecule has 1 aliphatic rings. The molecule has 0 heterocycles. The third kappa shape index (κ3) is 4.23. The molecule has 2 unspecified atom stereocenters. The van der Waals surface area contributed by atoms with Crippen molar-refractivity contribution in [1.29, 1.82) is 0 Å². The van der Waals surface area contributed by atoms with Crippen molar-refractivity contribution in [3.05, 3.63) is 0 Å². The Balaban J connectivity index is 1.97. The molecule has 0 aromatic rings. The number of hydrogen-bond acceptors (Lipinski definition) is 2. The van der Waals surface area contributed by atoms with E-state index >= 15 is 0 Å². The summed E-state index contributed by atoms with van der Waals surface area (Å²) in [5.74, 6) is 2.27. The van der Waals surface area contributed by atoms with E-state index in [1.54, 1.807) is 0 Å². The van der Waals surface area contributed by atoms with Gasteiger partial charge in [-0.25, -0.2) is 0 Å². The molecule has 0 radical (unpaired) electrons. The Labute approximate surface area is 87.7 Å². The average molecular weight is 197 g/mol. The lowest BCUT2D eigenvalue weighted by molar-refractivity contribution is -0.118. The summed E-state index contributed by atoms with van der Waals surface area (Å²) in [6.45, 7) is 6.56. The van der Waals surface area contributed by atoms with E-state index in [4.69, 9.17) is 0 Å². The Morgan fingerprint density at radius 1 is 1.50 bits per heavy atom. The van der Waals surface area contributed by atoms with Crippen LogP contribution in [0.2, 0.25) is 0 Å². The van der Waals surface area contributed by atoms with Gasteiger partial charge in [-0.1, -0.05) is 13.8 Å². The topological polar surface area (TPSA) is 20.3 Å². The Kier molecular flexibility index (Phi) is 4.59. The summed E-state index contributed by atoms with van der Waals surface area (Å²) in [5, 5.41) is 0. The molecule has 1 aliphatic carbocycles. The van der Waals surface area contributed by atoms with Crippen LogP contribution >= 0.6 is 0 Å². The molecule has 2 heteroatoms. The summed E-state index contributed by atoms with van der Waals surface area (Å²) in [5.41, 5.74) is 0. The predicted octanol–water partition coefficient (Wildman–Crippen LogP) is 2.33. The van der Waals surface area contributed by atoms with Gasteiger partial charge < -0.3 is 4.90 Å². The molecule has 0 aliphatic heterocycles. The van der Waals surface area contributed by atoms with Gasteiger partial charge in [0.05, 0.1) is 0 Å². The van der Waals surface area contributed by atoms with Crippen LogP contribution in [0.1, 0.15) is 39.5 Å². The number of hydrogen-bond donors (Lipinski definition) is 0. The second-order valence-corrected chi connectivity index (χ2v) is 4.73. The molecular weight excluding hydrogens is 174 g/mol.